The number of nitrogens with zero attached hydrogens (tertiary/aromatic N) is 1. The van der Waals surface area contributed by atoms with Crippen molar-refractivity contribution < 1.29 is 13.9 Å². The van der Waals surface area contributed by atoms with Gasteiger partial charge in [0.15, 0.2) is 0 Å². The van der Waals surface area contributed by atoms with Crippen molar-refractivity contribution in [2.24, 2.45) is 0 Å². The molecule has 1 saturated heterocycles. The Bertz CT molecular complexity index is 468. The number of carbonyl (C=O) groups is 1. The molecule has 1 fully saturated rings. The van der Waals surface area contributed by atoms with Crippen LogP contribution in [-0.4, -0.2) is 57.2 Å². The van der Waals surface area contributed by atoms with Crippen LogP contribution in [0.4, 0.5) is 4.39 Å². The van der Waals surface area contributed by atoms with E-state index in [1.54, 1.807) is 6.07 Å². The predicted octanol–water partition coefficient (Wildman–Crippen LogP) is 0.891. The molecule has 0 saturated carbocycles. The van der Waals surface area contributed by atoms with Crippen LogP contribution in [0, 0.1) is 5.82 Å². The number of hydrogen-bond acceptors (Lipinski definition) is 4. The largest absolute Gasteiger partial charge is 0.497 e. The lowest BCUT2D eigenvalue weighted by Crippen LogP contribution is -2.46. The van der Waals surface area contributed by atoms with Crippen molar-refractivity contribution in [2.75, 3.05) is 46.4 Å². The first-order chi connectivity index (χ1) is 9.70. The van der Waals surface area contributed by atoms with Gasteiger partial charge in [0.1, 0.15) is 11.6 Å². The highest BCUT2D eigenvalue weighted by atomic mass is 35.5. The fourth-order valence-corrected chi connectivity index (χ4v) is 2.16. The van der Waals surface area contributed by atoms with E-state index in [0.29, 0.717) is 12.3 Å². The van der Waals surface area contributed by atoms with Crippen molar-refractivity contribution in [3.63, 3.8) is 0 Å². The Hall–Kier alpha value is -1.37. The second-order valence-corrected chi connectivity index (χ2v) is 4.69. The summed E-state index contributed by atoms with van der Waals surface area (Å²) in [5.74, 6) is -0.552. The summed E-state index contributed by atoms with van der Waals surface area (Å²) in [5, 5.41) is 6.01. The molecule has 0 unspecified atom stereocenters. The molecule has 1 amide bonds. The molecular formula is C14H21ClFN3O2. The molecule has 0 spiro atoms. The van der Waals surface area contributed by atoms with Crippen LogP contribution in [0.15, 0.2) is 18.2 Å². The highest BCUT2D eigenvalue weighted by molar-refractivity contribution is 5.94. The summed E-state index contributed by atoms with van der Waals surface area (Å²) in [6.07, 6.45) is 0. The van der Waals surface area contributed by atoms with Crippen LogP contribution in [0.3, 0.4) is 0 Å². The Morgan fingerprint density at radius 2 is 2.14 bits per heavy atom. The molecule has 1 aliphatic heterocycles. The monoisotopic (exact) mass is 317 g/mol. The van der Waals surface area contributed by atoms with Gasteiger partial charge in [-0.2, -0.15) is 0 Å². The van der Waals surface area contributed by atoms with E-state index >= 15 is 0 Å². The third-order valence-corrected chi connectivity index (χ3v) is 3.34. The summed E-state index contributed by atoms with van der Waals surface area (Å²) in [6.45, 7) is 5.21. The highest BCUT2D eigenvalue weighted by Crippen LogP contribution is 2.15. The number of methoxy groups -OCH3 is 1. The molecule has 5 nitrogen and oxygen atoms in total. The first-order valence-corrected chi connectivity index (χ1v) is 6.75. The summed E-state index contributed by atoms with van der Waals surface area (Å²) in [5.41, 5.74) is 0.0473. The van der Waals surface area contributed by atoms with E-state index in [1.807, 2.05) is 0 Å². The molecule has 0 bridgehead atoms. The molecule has 21 heavy (non-hydrogen) atoms. The van der Waals surface area contributed by atoms with Crippen molar-refractivity contribution in [2.45, 2.75) is 0 Å². The molecule has 1 aliphatic rings. The number of carbonyl (C=O) groups excluding carboxylic acids is 1. The van der Waals surface area contributed by atoms with Gasteiger partial charge in [-0.25, -0.2) is 4.39 Å². The minimum absolute atomic E-state index is 0. The Morgan fingerprint density at radius 1 is 1.43 bits per heavy atom. The molecule has 7 heteroatoms. The van der Waals surface area contributed by atoms with Gasteiger partial charge in [-0.1, -0.05) is 0 Å². The molecule has 2 N–H and O–H groups in total. The fourth-order valence-electron chi connectivity index (χ4n) is 2.16. The van der Waals surface area contributed by atoms with E-state index in [-0.39, 0.29) is 23.9 Å². The van der Waals surface area contributed by atoms with Crippen molar-refractivity contribution in [3.8, 4) is 5.75 Å². The zero-order chi connectivity index (χ0) is 14.4. The van der Waals surface area contributed by atoms with Gasteiger partial charge in [-0.05, 0) is 12.1 Å². The van der Waals surface area contributed by atoms with Crippen LogP contribution in [-0.2, 0) is 0 Å². The quantitative estimate of drug-likeness (QED) is 0.847. The Morgan fingerprint density at radius 3 is 2.76 bits per heavy atom. The lowest BCUT2D eigenvalue weighted by molar-refractivity contribution is 0.0943. The first-order valence-electron chi connectivity index (χ1n) is 6.75. The Labute approximate surface area is 130 Å². The number of halogens is 2. The molecule has 118 valence electrons. The Kier molecular flexibility index (Phi) is 7.42. The average Bonchev–Trinajstić information content (AvgIpc) is 2.48. The summed E-state index contributed by atoms with van der Waals surface area (Å²) < 4.78 is 18.6. The van der Waals surface area contributed by atoms with E-state index in [9.17, 15) is 9.18 Å². The topological polar surface area (TPSA) is 53.6 Å². The van der Waals surface area contributed by atoms with Crippen molar-refractivity contribution in [3.05, 3.63) is 29.6 Å². The van der Waals surface area contributed by atoms with Crippen LogP contribution >= 0.6 is 12.4 Å². The normalized spacial score (nSPS) is 15.1. The lowest BCUT2D eigenvalue weighted by Gasteiger charge is -2.27. The van der Waals surface area contributed by atoms with Crippen LogP contribution in [0.1, 0.15) is 10.4 Å². The summed E-state index contributed by atoms with van der Waals surface area (Å²) >= 11 is 0. The molecule has 0 radical (unpaired) electrons. The second kappa shape index (κ2) is 8.81. The van der Waals surface area contributed by atoms with Gasteiger partial charge in [0, 0.05) is 45.3 Å². The van der Waals surface area contributed by atoms with E-state index < -0.39 is 5.82 Å². The molecule has 0 aromatic heterocycles. The van der Waals surface area contributed by atoms with Gasteiger partial charge >= 0.3 is 0 Å². The maximum Gasteiger partial charge on any atom is 0.254 e. The van der Waals surface area contributed by atoms with Gasteiger partial charge in [0.2, 0.25) is 0 Å². The average molecular weight is 318 g/mol. The zero-order valence-electron chi connectivity index (χ0n) is 12.0. The second-order valence-electron chi connectivity index (χ2n) is 4.69. The SMILES string of the molecule is COc1ccc(C(=O)NCCN2CCNCC2)c(F)c1.Cl. The Balaban J connectivity index is 0.00000220. The van der Waals surface area contributed by atoms with Crippen LogP contribution < -0.4 is 15.4 Å². The third kappa shape index (κ3) is 5.15. The zero-order valence-corrected chi connectivity index (χ0v) is 12.8. The van der Waals surface area contributed by atoms with E-state index in [4.69, 9.17) is 4.74 Å². The number of ether oxygens (including phenoxy) is 1. The van der Waals surface area contributed by atoms with Crippen LogP contribution in [0.5, 0.6) is 5.75 Å². The number of piperazine rings is 1. The molecule has 2 rings (SSSR count). The number of benzene rings is 1. The van der Waals surface area contributed by atoms with Gasteiger partial charge in [0.25, 0.3) is 5.91 Å². The van der Waals surface area contributed by atoms with Crippen LogP contribution in [0.25, 0.3) is 0 Å². The van der Waals surface area contributed by atoms with Gasteiger partial charge < -0.3 is 15.4 Å². The molecule has 1 aromatic carbocycles. The number of hydrogen-bond donors (Lipinski definition) is 2. The van der Waals surface area contributed by atoms with Crippen molar-refractivity contribution in [1.82, 2.24) is 15.5 Å². The highest BCUT2D eigenvalue weighted by Gasteiger charge is 2.13. The summed E-state index contributed by atoms with van der Waals surface area (Å²) in [4.78, 5) is 14.1. The minimum atomic E-state index is -0.566. The maximum absolute atomic E-state index is 13.7. The number of amides is 1. The fraction of sp³-hybridized carbons (Fsp3) is 0.500. The van der Waals surface area contributed by atoms with Gasteiger partial charge in [0.05, 0.1) is 12.7 Å². The molecule has 0 atom stereocenters. The molecule has 1 aromatic rings. The summed E-state index contributed by atoms with van der Waals surface area (Å²) in [7, 11) is 1.46. The van der Waals surface area contributed by atoms with E-state index in [1.165, 1.54) is 19.2 Å². The van der Waals surface area contributed by atoms with Crippen LogP contribution in [0.2, 0.25) is 0 Å². The molecular weight excluding hydrogens is 297 g/mol. The standard InChI is InChI=1S/C14H20FN3O2.ClH/c1-20-11-2-3-12(13(15)10-11)14(19)17-6-9-18-7-4-16-5-8-18;/h2-3,10,16H,4-9H2,1H3,(H,17,19);1H. The van der Waals surface area contributed by atoms with Gasteiger partial charge in [-0.15, -0.1) is 12.4 Å². The van der Waals surface area contributed by atoms with Crippen molar-refractivity contribution >= 4 is 18.3 Å². The first kappa shape index (κ1) is 17.7. The maximum atomic E-state index is 13.7. The number of rotatable bonds is 5. The van der Waals surface area contributed by atoms with Crippen molar-refractivity contribution in [1.29, 1.82) is 0 Å². The van der Waals surface area contributed by atoms with Gasteiger partial charge in [-0.3, -0.25) is 9.69 Å². The number of nitrogens with one attached hydrogen (secondary N) is 2. The smallest absolute Gasteiger partial charge is 0.254 e. The molecule has 0 aliphatic carbocycles. The summed E-state index contributed by atoms with van der Waals surface area (Å²) in [6, 6.07) is 4.23. The van der Waals surface area contributed by atoms with E-state index in [0.717, 1.165) is 32.7 Å². The van der Waals surface area contributed by atoms with E-state index in [2.05, 4.69) is 15.5 Å². The minimum Gasteiger partial charge on any atom is -0.497 e. The lowest BCUT2D eigenvalue weighted by atomic mass is 10.2. The molecule has 1 heterocycles. The third-order valence-electron chi connectivity index (χ3n) is 3.34. The predicted molar refractivity (Wildman–Crippen MR) is 81.8 cm³/mol.